The van der Waals surface area contributed by atoms with Crippen molar-refractivity contribution in [3.05, 3.63) is 0 Å². The zero-order valence-electron chi connectivity index (χ0n) is 9.64. The molecule has 8 nitrogen and oxygen atoms in total. The minimum absolute atomic E-state index is 0.333. The summed E-state index contributed by atoms with van der Waals surface area (Å²) < 4.78 is 5.02. The molecule has 0 radical (unpaired) electrons. The third-order valence-electron chi connectivity index (χ3n) is 2.97. The number of aliphatic hydroxyl groups excluding tert-OH is 4. The molecule has 1 unspecified atom stereocenters. The molecule has 0 amide bonds. The Labute approximate surface area is 103 Å². The molecule has 5 atom stereocenters. The summed E-state index contributed by atoms with van der Waals surface area (Å²) >= 11 is 0. The standard InChI is InChI=1S/C10H18O8/c11-3-5(12)4-18-7-2-10(17,9(15)16)1-6(13)8(7)14/h5-8,11-14,17H,1-4H2,(H,15,16)/t5?,6-,7-,8+,10-/m1/s1. The highest BCUT2D eigenvalue weighted by Gasteiger charge is 2.49. The van der Waals surface area contributed by atoms with E-state index in [1.165, 1.54) is 0 Å². The normalized spacial score (nSPS) is 38.4. The summed E-state index contributed by atoms with van der Waals surface area (Å²) in [4.78, 5) is 10.9. The molecule has 0 aromatic heterocycles. The Balaban J connectivity index is 2.67. The number of hydrogen-bond donors (Lipinski definition) is 6. The van der Waals surface area contributed by atoms with E-state index >= 15 is 0 Å². The molecule has 0 heterocycles. The van der Waals surface area contributed by atoms with Gasteiger partial charge in [-0.25, -0.2) is 4.79 Å². The van der Waals surface area contributed by atoms with E-state index in [9.17, 15) is 20.1 Å². The Morgan fingerprint density at radius 3 is 2.50 bits per heavy atom. The zero-order chi connectivity index (χ0) is 13.9. The lowest BCUT2D eigenvalue weighted by Gasteiger charge is -2.39. The van der Waals surface area contributed by atoms with Crippen LogP contribution in [-0.4, -0.2) is 79.8 Å². The van der Waals surface area contributed by atoms with Crippen LogP contribution in [0.4, 0.5) is 0 Å². The van der Waals surface area contributed by atoms with Crippen LogP contribution in [0.2, 0.25) is 0 Å². The Morgan fingerprint density at radius 2 is 2.00 bits per heavy atom. The molecule has 1 saturated carbocycles. The van der Waals surface area contributed by atoms with E-state index in [0.717, 1.165) is 0 Å². The van der Waals surface area contributed by atoms with Crippen molar-refractivity contribution in [3.63, 3.8) is 0 Å². The minimum atomic E-state index is -2.17. The van der Waals surface area contributed by atoms with Gasteiger partial charge >= 0.3 is 5.97 Å². The summed E-state index contributed by atoms with van der Waals surface area (Å²) in [7, 11) is 0. The number of ether oxygens (including phenoxy) is 1. The quantitative estimate of drug-likeness (QED) is 0.309. The molecule has 0 aromatic rings. The van der Waals surface area contributed by atoms with Gasteiger partial charge in [0.1, 0.15) is 12.2 Å². The lowest BCUT2D eigenvalue weighted by atomic mass is 9.79. The van der Waals surface area contributed by atoms with Crippen molar-refractivity contribution in [2.24, 2.45) is 0 Å². The van der Waals surface area contributed by atoms with Crippen LogP contribution in [0.25, 0.3) is 0 Å². The lowest BCUT2D eigenvalue weighted by molar-refractivity contribution is -0.197. The fourth-order valence-electron chi connectivity index (χ4n) is 1.87. The number of hydrogen-bond acceptors (Lipinski definition) is 7. The summed E-state index contributed by atoms with van der Waals surface area (Å²) in [6.07, 6.45) is -5.98. The molecule has 6 N–H and O–H groups in total. The van der Waals surface area contributed by atoms with Gasteiger partial charge in [-0.05, 0) is 0 Å². The highest BCUT2D eigenvalue weighted by molar-refractivity contribution is 5.77. The fraction of sp³-hybridized carbons (Fsp3) is 0.900. The van der Waals surface area contributed by atoms with Crippen LogP contribution in [0.5, 0.6) is 0 Å². The topological polar surface area (TPSA) is 148 Å². The summed E-state index contributed by atoms with van der Waals surface area (Å²) in [5.74, 6) is -1.51. The van der Waals surface area contributed by atoms with Gasteiger partial charge in [0.2, 0.25) is 0 Å². The third-order valence-corrected chi connectivity index (χ3v) is 2.97. The second kappa shape index (κ2) is 5.91. The average Bonchev–Trinajstić information content (AvgIpc) is 2.31. The Morgan fingerprint density at radius 1 is 1.39 bits per heavy atom. The van der Waals surface area contributed by atoms with Gasteiger partial charge in [0.05, 0.1) is 25.4 Å². The smallest absolute Gasteiger partial charge is 0.335 e. The zero-order valence-corrected chi connectivity index (χ0v) is 9.64. The fourth-order valence-corrected chi connectivity index (χ4v) is 1.87. The van der Waals surface area contributed by atoms with E-state index in [0.29, 0.717) is 0 Å². The highest BCUT2D eigenvalue weighted by Crippen LogP contribution is 2.31. The van der Waals surface area contributed by atoms with Crippen LogP contribution in [0.3, 0.4) is 0 Å². The molecule has 1 fully saturated rings. The molecule has 0 saturated heterocycles. The van der Waals surface area contributed by atoms with Crippen LogP contribution < -0.4 is 0 Å². The summed E-state index contributed by atoms with van der Waals surface area (Å²) in [6, 6.07) is 0. The first-order chi connectivity index (χ1) is 8.30. The Kier molecular flexibility index (Phi) is 5.02. The van der Waals surface area contributed by atoms with Gasteiger partial charge in [-0.1, -0.05) is 0 Å². The molecule has 106 valence electrons. The maximum atomic E-state index is 10.9. The Bertz CT molecular complexity index is 296. The van der Waals surface area contributed by atoms with E-state index < -0.39 is 55.4 Å². The van der Waals surface area contributed by atoms with Gasteiger partial charge in [-0.3, -0.25) is 0 Å². The van der Waals surface area contributed by atoms with Gasteiger partial charge < -0.3 is 35.4 Å². The summed E-state index contributed by atoms with van der Waals surface area (Å²) in [5, 5.41) is 55.4. The molecule has 0 bridgehead atoms. The molecule has 1 aliphatic rings. The van der Waals surface area contributed by atoms with Crippen LogP contribution in [0.15, 0.2) is 0 Å². The van der Waals surface area contributed by atoms with Crippen molar-refractivity contribution in [1.29, 1.82) is 0 Å². The number of carbonyl (C=O) groups is 1. The SMILES string of the molecule is O=C(O)[C@@]1(O)C[C@@H](O)[C@H](O)[C@H](OCC(O)CO)C1. The highest BCUT2D eigenvalue weighted by atomic mass is 16.5. The van der Waals surface area contributed by atoms with E-state index in [-0.39, 0.29) is 6.61 Å². The van der Waals surface area contributed by atoms with E-state index in [2.05, 4.69) is 0 Å². The van der Waals surface area contributed by atoms with Gasteiger partial charge in [0.15, 0.2) is 5.60 Å². The van der Waals surface area contributed by atoms with Crippen LogP contribution in [0, 0.1) is 0 Å². The van der Waals surface area contributed by atoms with Gasteiger partial charge in [-0.2, -0.15) is 0 Å². The molecule has 0 aliphatic heterocycles. The monoisotopic (exact) mass is 266 g/mol. The molecule has 0 aromatic carbocycles. The van der Waals surface area contributed by atoms with Crippen LogP contribution in [-0.2, 0) is 9.53 Å². The van der Waals surface area contributed by atoms with Crippen molar-refractivity contribution in [3.8, 4) is 0 Å². The van der Waals surface area contributed by atoms with Crippen molar-refractivity contribution >= 4 is 5.97 Å². The van der Waals surface area contributed by atoms with E-state index in [4.69, 9.17) is 20.1 Å². The number of aliphatic carboxylic acids is 1. The maximum Gasteiger partial charge on any atom is 0.335 e. The number of rotatable bonds is 5. The second-order valence-corrected chi connectivity index (χ2v) is 4.51. The molecule has 0 spiro atoms. The van der Waals surface area contributed by atoms with Gasteiger partial charge in [-0.15, -0.1) is 0 Å². The van der Waals surface area contributed by atoms with Gasteiger partial charge in [0.25, 0.3) is 0 Å². The van der Waals surface area contributed by atoms with E-state index in [1.54, 1.807) is 0 Å². The molecular formula is C10H18O8. The lowest BCUT2D eigenvalue weighted by Crippen LogP contribution is -2.57. The van der Waals surface area contributed by atoms with Crippen molar-refractivity contribution in [2.75, 3.05) is 13.2 Å². The van der Waals surface area contributed by atoms with E-state index in [1.807, 2.05) is 0 Å². The number of carboxylic acid groups (broad SMARTS) is 1. The number of aliphatic hydroxyl groups is 5. The average molecular weight is 266 g/mol. The Hall–Kier alpha value is -0.770. The maximum absolute atomic E-state index is 10.9. The molecular weight excluding hydrogens is 248 g/mol. The first kappa shape index (κ1) is 15.3. The second-order valence-electron chi connectivity index (χ2n) is 4.51. The first-order valence-corrected chi connectivity index (χ1v) is 5.52. The summed E-state index contributed by atoms with van der Waals surface area (Å²) in [5.41, 5.74) is -2.17. The predicted octanol–water partition coefficient (Wildman–Crippen LogP) is -2.94. The number of carboxylic acids is 1. The van der Waals surface area contributed by atoms with Crippen LogP contribution in [0.1, 0.15) is 12.8 Å². The molecule has 1 rings (SSSR count). The summed E-state index contributed by atoms with van der Waals surface area (Å²) in [6.45, 7) is -0.880. The van der Waals surface area contributed by atoms with Crippen LogP contribution >= 0.6 is 0 Å². The minimum Gasteiger partial charge on any atom is -0.479 e. The molecule has 1 aliphatic carbocycles. The first-order valence-electron chi connectivity index (χ1n) is 5.52. The van der Waals surface area contributed by atoms with Crippen molar-refractivity contribution < 1.29 is 40.2 Å². The molecule has 8 heteroatoms. The molecule has 18 heavy (non-hydrogen) atoms. The largest absolute Gasteiger partial charge is 0.479 e. The predicted molar refractivity (Wildman–Crippen MR) is 56.7 cm³/mol. The van der Waals surface area contributed by atoms with Crippen molar-refractivity contribution in [2.45, 2.75) is 42.9 Å². The third kappa shape index (κ3) is 3.37. The van der Waals surface area contributed by atoms with Gasteiger partial charge in [0, 0.05) is 12.8 Å². The van der Waals surface area contributed by atoms with Crippen molar-refractivity contribution in [1.82, 2.24) is 0 Å².